The molecule has 116 valence electrons. The number of carbonyl (C=O) groups excluding carboxylic acids is 1. The van der Waals surface area contributed by atoms with Crippen molar-refractivity contribution >= 4 is 11.9 Å². The zero-order valence-corrected chi connectivity index (χ0v) is 11.2. The molecule has 0 fully saturated rings. The van der Waals surface area contributed by atoms with Crippen molar-refractivity contribution in [3.8, 4) is 0 Å². The maximum atomic E-state index is 13.4. The van der Waals surface area contributed by atoms with E-state index in [0.717, 1.165) is 0 Å². The topological polar surface area (TPSA) is 62.2 Å². The molecule has 0 aliphatic heterocycles. The Kier molecular flexibility index (Phi) is 4.55. The summed E-state index contributed by atoms with van der Waals surface area (Å²) in [5.74, 6) is -12.5. The third kappa shape index (κ3) is 3.67. The molecule has 0 heterocycles. The zero-order valence-electron chi connectivity index (χ0n) is 11.2. The van der Waals surface area contributed by atoms with E-state index in [1.807, 2.05) is 0 Å². The number of benzene rings is 1. The lowest BCUT2D eigenvalue weighted by atomic mass is 10.1. The van der Waals surface area contributed by atoms with Crippen molar-refractivity contribution in [1.82, 2.24) is 5.32 Å². The van der Waals surface area contributed by atoms with Gasteiger partial charge in [0, 0.05) is 0 Å². The molecule has 1 rings (SSSR count). The number of carbonyl (C=O) groups is 1. The van der Waals surface area contributed by atoms with Gasteiger partial charge in [-0.1, -0.05) is 0 Å². The third-order valence-electron chi connectivity index (χ3n) is 2.09. The molecule has 0 aliphatic rings. The molecule has 0 unspecified atom stereocenters. The quantitative estimate of drug-likeness (QED) is 0.275. The number of amidine groups is 1. The Balaban J connectivity index is 3.12. The molecule has 1 amide bonds. The van der Waals surface area contributed by atoms with Gasteiger partial charge in [0.25, 0.3) is 0 Å². The van der Waals surface area contributed by atoms with E-state index in [-0.39, 0.29) is 0 Å². The van der Waals surface area contributed by atoms with Crippen LogP contribution in [-0.4, -0.2) is 17.5 Å². The molecule has 0 spiro atoms. The van der Waals surface area contributed by atoms with E-state index in [0.29, 0.717) is 0 Å². The summed E-state index contributed by atoms with van der Waals surface area (Å²) in [6.45, 7) is 4.44. The zero-order chi connectivity index (χ0) is 16.5. The van der Waals surface area contributed by atoms with E-state index >= 15 is 0 Å². The van der Waals surface area contributed by atoms with Crippen molar-refractivity contribution in [2.75, 3.05) is 0 Å². The number of amides is 1. The molecular formula is C12H11F5N2O2. The lowest BCUT2D eigenvalue weighted by molar-refractivity contribution is 0.0563. The summed E-state index contributed by atoms with van der Waals surface area (Å²) in [6, 6.07) is 0. The average molecular weight is 310 g/mol. The molecule has 0 atom stereocenters. The molecule has 1 aromatic rings. The first-order valence-electron chi connectivity index (χ1n) is 5.56. The average Bonchev–Trinajstić information content (AvgIpc) is 2.31. The van der Waals surface area contributed by atoms with E-state index in [1.165, 1.54) is 20.8 Å². The Hall–Kier alpha value is -2.19. The molecule has 0 saturated carbocycles. The van der Waals surface area contributed by atoms with E-state index < -0.39 is 52.2 Å². The van der Waals surface area contributed by atoms with Crippen LogP contribution in [0.5, 0.6) is 0 Å². The van der Waals surface area contributed by atoms with Crippen LogP contribution in [-0.2, 0) is 4.74 Å². The fourth-order valence-corrected chi connectivity index (χ4v) is 1.29. The number of ether oxygens (including phenoxy) is 1. The fraction of sp³-hybridized carbons (Fsp3) is 0.333. The summed E-state index contributed by atoms with van der Waals surface area (Å²) in [5, 5.41) is 8.86. The Morgan fingerprint density at radius 2 is 1.33 bits per heavy atom. The summed E-state index contributed by atoms with van der Waals surface area (Å²) in [7, 11) is 0. The predicted molar refractivity (Wildman–Crippen MR) is 62.4 cm³/mol. The van der Waals surface area contributed by atoms with Crippen molar-refractivity contribution in [3.05, 3.63) is 34.6 Å². The van der Waals surface area contributed by atoms with Gasteiger partial charge in [0.1, 0.15) is 11.4 Å². The van der Waals surface area contributed by atoms with Crippen molar-refractivity contribution in [2.24, 2.45) is 0 Å². The van der Waals surface area contributed by atoms with E-state index in [1.54, 1.807) is 5.32 Å². The Morgan fingerprint density at radius 3 is 1.71 bits per heavy atom. The molecule has 0 aliphatic carbocycles. The molecule has 1 aromatic carbocycles. The summed E-state index contributed by atoms with van der Waals surface area (Å²) in [4.78, 5) is 11.3. The molecule has 4 nitrogen and oxygen atoms in total. The Bertz CT molecular complexity index is 582. The van der Waals surface area contributed by atoms with Gasteiger partial charge in [-0.05, 0) is 20.8 Å². The van der Waals surface area contributed by atoms with Crippen LogP contribution in [0.25, 0.3) is 0 Å². The molecule has 2 N–H and O–H groups in total. The van der Waals surface area contributed by atoms with E-state index in [2.05, 4.69) is 0 Å². The minimum Gasteiger partial charge on any atom is -0.444 e. The van der Waals surface area contributed by atoms with Gasteiger partial charge in [-0.25, -0.2) is 26.7 Å². The number of halogens is 5. The molecular weight excluding hydrogens is 299 g/mol. The highest BCUT2D eigenvalue weighted by Gasteiger charge is 2.29. The lowest BCUT2D eigenvalue weighted by Crippen LogP contribution is -2.37. The second kappa shape index (κ2) is 5.66. The van der Waals surface area contributed by atoms with Crippen LogP contribution in [0.3, 0.4) is 0 Å². The van der Waals surface area contributed by atoms with Gasteiger partial charge in [-0.3, -0.25) is 10.7 Å². The number of rotatable bonds is 1. The minimum atomic E-state index is -2.35. The standard InChI is InChI=1S/C12H11F5N2O2/c1-12(2,3)21-11(20)19-10(18)4-5(13)7(15)9(17)8(16)6(4)14/h1-3H3,(H2,18,19,20). The Labute approximate surface area is 116 Å². The highest BCUT2D eigenvalue weighted by molar-refractivity contribution is 6.04. The predicted octanol–water partition coefficient (Wildman–Crippen LogP) is 3.23. The SMILES string of the molecule is CC(C)(C)OC(=O)NC(=N)c1c(F)c(F)c(F)c(F)c1F. The smallest absolute Gasteiger partial charge is 0.413 e. The van der Waals surface area contributed by atoms with Crippen LogP contribution in [0.4, 0.5) is 26.7 Å². The van der Waals surface area contributed by atoms with Gasteiger partial charge in [-0.2, -0.15) is 0 Å². The largest absolute Gasteiger partial charge is 0.444 e. The van der Waals surface area contributed by atoms with Crippen molar-refractivity contribution in [2.45, 2.75) is 26.4 Å². The van der Waals surface area contributed by atoms with Crippen LogP contribution in [0, 0.1) is 34.5 Å². The number of alkyl carbamates (subject to hydrolysis) is 1. The number of hydrogen-bond acceptors (Lipinski definition) is 3. The normalized spacial score (nSPS) is 11.2. The first-order valence-corrected chi connectivity index (χ1v) is 5.56. The molecule has 0 saturated heterocycles. The van der Waals surface area contributed by atoms with Gasteiger partial charge in [-0.15, -0.1) is 0 Å². The molecule has 0 aromatic heterocycles. The van der Waals surface area contributed by atoms with Crippen molar-refractivity contribution in [1.29, 1.82) is 5.41 Å². The molecule has 0 radical (unpaired) electrons. The second-order valence-electron chi connectivity index (χ2n) is 4.95. The maximum absolute atomic E-state index is 13.4. The number of nitrogens with one attached hydrogen (secondary N) is 2. The van der Waals surface area contributed by atoms with Crippen LogP contribution in [0.15, 0.2) is 0 Å². The summed E-state index contributed by atoms with van der Waals surface area (Å²) >= 11 is 0. The van der Waals surface area contributed by atoms with Gasteiger partial charge in [0.05, 0.1) is 5.56 Å². The molecule has 0 bridgehead atoms. The second-order valence-corrected chi connectivity index (χ2v) is 4.95. The first-order chi connectivity index (χ1) is 9.45. The van der Waals surface area contributed by atoms with E-state index in [9.17, 15) is 26.7 Å². The Morgan fingerprint density at radius 1 is 0.952 bits per heavy atom. The van der Waals surface area contributed by atoms with Crippen molar-refractivity contribution < 1.29 is 31.5 Å². The summed E-state index contributed by atoms with van der Waals surface area (Å²) < 4.78 is 70.2. The lowest BCUT2D eigenvalue weighted by Gasteiger charge is -2.20. The monoisotopic (exact) mass is 310 g/mol. The van der Waals surface area contributed by atoms with Gasteiger partial charge in [0.2, 0.25) is 5.82 Å². The van der Waals surface area contributed by atoms with Crippen LogP contribution in [0.1, 0.15) is 26.3 Å². The van der Waals surface area contributed by atoms with Crippen LogP contribution in [0.2, 0.25) is 0 Å². The van der Waals surface area contributed by atoms with Gasteiger partial charge >= 0.3 is 6.09 Å². The molecule has 21 heavy (non-hydrogen) atoms. The maximum Gasteiger partial charge on any atom is 0.413 e. The van der Waals surface area contributed by atoms with Gasteiger partial charge in [0.15, 0.2) is 23.3 Å². The highest BCUT2D eigenvalue weighted by Crippen LogP contribution is 2.23. The van der Waals surface area contributed by atoms with E-state index in [4.69, 9.17) is 10.1 Å². The summed E-state index contributed by atoms with van der Waals surface area (Å²) in [6.07, 6.45) is -1.27. The first kappa shape index (κ1) is 16.9. The fourth-order valence-electron chi connectivity index (χ4n) is 1.29. The van der Waals surface area contributed by atoms with Crippen LogP contribution < -0.4 is 5.32 Å². The summed E-state index contributed by atoms with van der Waals surface area (Å²) in [5.41, 5.74) is -2.52. The number of hydrogen-bond donors (Lipinski definition) is 2. The third-order valence-corrected chi connectivity index (χ3v) is 2.09. The minimum absolute atomic E-state index is 0.971. The van der Waals surface area contributed by atoms with Crippen molar-refractivity contribution in [3.63, 3.8) is 0 Å². The van der Waals surface area contributed by atoms with Crippen LogP contribution >= 0.6 is 0 Å². The molecule has 9 heteroatoms. The highest BCUT2D eigenvalue weighted by atomic mass is 19.2. The van der Waals surface area contributed by atoms with Gasteiger partial charge < -0.3 is 4.74 Å².